The van der Waals surface area contributed by atoms with Crippen molar-refractivity contribution in [3.8, 4) is 0 Å². The fourth-order valence-electron chi connectivity index (χ4n) is 0.842. The second-order valence-electron chi connectivity index (χ2n) is 2.92. The fourth-order valence-corrected chi connectivity index (χ4v) is 0.842. The summed E-state index contributed by atoms with van der Waals surface area (Å²) in [5.74, 6) is 0. The van der Waals surface area contributed by atoms with Crippen molar-refractivity contribution in [2.45, 2.75) is 37.4 Å². The zero-order valence-electron chi connectivity index (χ0n) is 5.49. The summed E-state index contributed by atoms with van der Waals surface area (Å²) in [5.41, 5.74) is 4.81. The molecule has 0 radical (unpaired) electrons. The molecule has 4 heteroatoms. The van der Waals surface area contributed by atoms with E-state index in [0.29, 0.717) is 12.8 Å². The first-order chi connectivity index (χ1) is 4.53. The Morgan fingerprint density at radius 3 is 2.10 bits per heavy atom. The molecule has 0 aliphatic heterocycles. The van der Waals surface area contributed by atoms with E-state index in [-0.39, 0.29) is 6.42 Å². The van der Waals surface area contributed by atoms with Crippen LogP contribution in [0, 0.1) is 0 Å². The molecule has 0 saturated heterocycles. The van der Waals surface area contributed by atoms with Crippen molar-refractivity contribution in [1.82, 2.24) is 0 Å². The number of halogens is 3. The number of alkyl halides is 3. The highest BCUT2D eigenvalue weighted by Crippen LogP contribution is 2.38. The molecular formula is C6H10F3N. The van der Waals surface area contributed by atoms with Gasteiger partial charge in [-0.2, -0.15) is 0 Å². The maximum absolute atomic E-state index is 12.2. The van der Waals surface area contributed by atoms with Crippen molar-refractivity contribution < 1.29 is 13.2 Å². The Labute approximate surface area is 57.4 Å². The highest BCUT2D eigenvalue weighted by Gasteiger charge is 2.42. The molecule has 0 bridgehead atoms. The lowest BCUT2D eigenvalue weighted by molar-refractivity contribution is 0.0402. The quantitative estimate of drug-likeness (QED) is 0.652. The van der Waals surface area contributed by atoms with Crippen molar-refractivity contribution >= 4 is 0 Å². The van der Waals surface area contributed by atoms with Crippen molar-refractivity contribution in [3.05, 3.63) is 0 Å². The smallest absolute Gasteiger partial charge is 0.269 e. The fraction of sp³-hybridized carbons (Fsp3) is 1.00. The number of hydrogen-bond donors (Lipinski definition) is 1. The molecule has 0 amide bonds. The van der Waals surface area contributed by atoms with E-state index in [0.717, 1.165) is 0 Å². The van der Waals surface area contributed by atoms with E-state index in [4.69, 9.17) is 5.73 Å². The average molecular weight is 153 g/mol. The number of hydrogen-bond acceptors (Lipinski definition) is 1. The molecule has 0 aromatic rings. The Morgan fingerprint density at radius 2 is 1.80 bits per heavy atom. The zero-order valence-corrected chi connectivity index (χ0v) is 5.49. The summed E-state index contributed by atoms with van der Waals surface area (Å²) < 4.78 is 35.3. The number of nitrogens with two attached hydrogens (primary N) is 1. The first-order valence-corrected chi connectivity index (χ1v) is 3.25. The topological polar surface area (TPSA) is 26.0 Å². The molecule has 0 aromatic heterocycles. The standard InChI is InChI=1S/C6H10F3N/c7-4(5(8)9)3-6(10)1-2-6/h4-5H,1-3,10H2. The van der Waals surface area contributed by atoms with E-state index < -0.39 is 18.1 Å². The molecule has 1 unspecified atom stereocenters. The normalized spacial score (nSPS) is 24.9. The molecule has 1 aliphatic carbocycles. The van der Waals surface area contributed by atoms with Crippen LogP contribution in [0.25, 0.3) is 0 Å². The van der Waals surface area contributed by atoms with Crippen LogP contribution in [0.2, 0.25) is 0 Å². The van der Waals surface area contributed by atoms with Gasteiger partial charge in [0.2, 0.25) is 0 Å². The van der Waals surface area contributed by atoms with Gasteiger partial charge in [0.1, 0.15) is 0 Å². The third-order valence-corrected chi connectivity index (χ3v) is 1.77. The molecule has 1 saturated carbocycles. The summed E-state index contributed by atoms with van der Waals surface area (Å²) in [4.78, 5) is 0. The van der Waals surface area contributed by atoms with Gasteiger partial charge >= 0.3 is 0 Å². The number of rotatable bonds is 3. The summed E-state index contributed by atoms with van der Waals surface area (Å²) in [6.07, 6.45) is -3.74. The van der Waals surface area contributed by atoms with Gasteiger partial charge in [-0.3, -0.25) is 0 Å². The van der Waals surface area contributed by atoms with E-state index in [1.165, 1.54) is 0 Å². The lowest BCUT2D eigenvalue weighted by atomic mass is 10.1. The molecule has 2 N–H and O–H groups in total. The average Bonchev–Trinajstić information content (AvgIpc) is 2.47. The van der Waals surface area contributed by atoms with Gasteiger partial charge in [-0.15, -0.1) is 0 Å². The van der Waals surface area contributed by atoms with E-state index >= 15 is 0 Å². The van der Waals surface area contributed by atoms with E-state index in [1.54, 1.807) is 0 Å². The van der Waals surface area contributed by atoms with Gasteiger partial charge in [0.05, 0.1) is 0 Å². The Hall–Kier alpha value is -0.250. The van der Waals surface area contributed by atoms with Crippen LogP contribution < -0.4 is 5.73 Å². The molecule has 0 heterocycles. The largest absolute Gasteiger partial charge is 0.325 e. The van der Waals surface area contributed by atoms with E-state index in [9.17, 15) is 13.2 Å². The van der Waals surface area contributed by atoms with Gasteiger partial charge in [0.15, 0.2) is 6.17 Å². The molecular weight excluding hydrogens is 143 g/mol. The van der Waals surface area contributed by atoms with Crippen LogP contribution in [0.5, 0.6) is 0 Å². The van der Waals surface area contributed by atoms with Crippen molar-refractivity contribution in [2.24, 2.45) is 5.73 Å². The van der Waals surface area contributed by atoms with E-state index in [2.05, 4.69) is 0 Å². The summed E-state index contributed by atoms with van der Waals surface area (Å²) in [6, 6.07) is 0. The summed E-state index contributed by atoms with van der Waals surface area (Å²) in [5, 5.41) is 0. The Kier molecular flexibility index (Phi) is 1.90. The summed E-state index contributed by atoms with van der Waals surface area (Å²) >= 11 is 0. The minimum atomic E-state index is -2.87. The SMILES string of the molecule is NC1(CC(F)C(F)F)CC1. The van der Waals surface area contributed by atoms with Crippen LogP contribution in [-0.4, -0.2) is 18.1 Å². The lowest BCUT2D eigenvalue weighted by Gasteiger charge is -2.11. The van der Waals surface area contributed by atoms with Crippen LogP contribution >= 0.6 is 0 Å². The third-order valence-electron chi connectivity index (χ3n) is 1.77. The minimum Gasteiger partial charge on any atom is -0.325 e. The summed E-state index contributed by atoms with van der Waals surface area (Å²) in [6.45, 7) is 0. The van der Waals surface area contributed by atoms with Crippen LogP contribution in [0.1, 0.15) is 19.3 Å². The molecule has 1 atom stereocenters. The second kappa shape index (κ2) is 2.42. The third kappa shape index (κ3) is 1.87. The Morgan fingerprint density at radius 1 is 1.30 bits per heavy atom. The van der Waals surface area contributed by atoms with E-state index in [1.807, 2.05) is 0 Å². The zero-order chi connectivity index (χ0) is 7.78. The predicted molar refractivity (Wildman–Crippen MR) is 31.7 cm³/mol. The van der Waals surface area contributed by atoms with Gasteiger partial charge < -0.3 is 5.73 Å². The highest BCUT2D eigenvalue weighted by atomic mass is 19.3. The molecule has 0 aromatic carbocycles. The summed E-state index contributed by atoms with van der Waals surface area (Å²) in [7, 11) is 0. The van der Waals surface area contributed by atoms with Crippen LogP contribution in [0.4, 0.5) is 13.2 Å². The maximum Gasteiger partial charge on any atom is 0.269 e. The Balaban J connectivity index is 2.24. The van der Waals surface area contributed by atoms with Gasteiger partial charge in [0, 0.05) is 12.0 Å². The van der Waals surface area contributed by atoms with Gasteiger partial charge in [-0.1, -0.05) is 0 Å². The highest BCUT2D eigenvalue weighted by molar-refractivity contribution is 5.00. The molecule has 1 fully saturated rings. The molecule has 0 spiro atoms. The van der Waals surface area contributed by atoms with Gasteiger partial charge in [-0.05, 0) is 12.8 Å². The minimum absolute atomic E-state index is 0.190. The van der Waals surface area contributed by atoms with Crippen LogP contribution in [0.15, 0.2) is 0 Å². The predicted octanol–water partition coefficient (Wildman–Crippen LogP) is 1.47. The molecule has 60 valence electrons. The van der Waals surface area contributed by atoms with Crippen LogP contribution in [0.3, 0.4) is 0 Å². The van der Waals surface area contributed by atoms with Gasteiger partial charge in [0.25, 0.3) is 6.43 Å². The van der Waals surface area contributed by atoms with Gasteiger partial charge in [-0.25, -0.2) is 13.2 Å². The van der Waals surface area contributed by atoms with Crippen LogP contribution in [-0.2, 0) is 0 Å². The molecule has 10 heavy (non-hydrogen) atoms. The lowest BCUT2D eigenvalue weighted by Crippen LogP contribution is -2.29. The molecule has 1 rings (SSSR count). The van der Waals surface area contributed by atoms with Crippen molar-refractivity contribution in [3.63, 3.8) is 0 Å². The molecule has 1 nitrogen and oxygen atoms in total. The Bertz CT molecular complexity index is 122. The first kappa shape index (κ1) is 7.85. The first-order valence-electron chi connectivity index (χ1n) is 3.25. The second-order valence-corrected chi connectivity index (χ2v) is 2.92. The molecule has 1 aliphatic rings. The monoisotopic (exact) mass is 153 g/mol. The maximum atomic E-state index is 12.2. The van der Waals surface area contributed by atoms with Crippen molar-refractivity contribution in [1.29, 1.82) is 0 Å². The van der Waals surface area contributed by atoms with Crippen molar-refractivity contribution in [2.75, 3.05) is 0 Å².